The monoisotopic (exact) mass is 480 g/mol. The summed E-state index contributed by atoms with van der Waals surface area (Å²) in [6, 6.07) is 0. The number of hydrogen-bond donors (Lipinski definition) is 0. The fraction of sp³-hybridized carbons (Fsp3) is 0.905. The van der Waals surface area contributed by atoms with Gasteiger partial charge in [-0.1, -0.05) is 0 Å². The lowest BCUT2D eigenvalue weighted by Gasteiger charge is -2.53. The zero-order chi connectivity index (χ0) is 24.9. The standard InChI is InChI=1S/C21H36O12/c1-10-16(26-6)21(3,17(27-7)20(29-9)30-10)33-19-15(31-11(2)22)13(25-5)12(24-4)14(32-19)18(23)28-8/h10,12-17,19-20H,1-9H3/t10-,12-,13-,14-,15+,16-,17-,19-,20+,21+/m0/s1. The van der Waals surface area contributed by atoms with Crippen molar-refractivity contribution in [1.82, 2.24) is 0 Å². The zero-order valence-corrected chi connectivity index (χ0v) is 20.6. The molecule has 0 aliphatic carbocycles. The molecular formula is C21H36O12. The van der Waals surface area contributed by atoms with Gasteiger partial charge in [0.15, 0.2) is 24.8 Å². The second kappa shape index (κ2) is 11.8. The van der Waals surface area contributed by atoms with Gasteiger partial charge in [-0.05, 0) is 13.8 Å². The number of ether oxygens (including phenoxy) is 10. The average Bonchev–Trinajstić information content (AvgIpc) is 2.78. The molecular weight excluding hydrogens is 444 g/mol. The molecule has 0 N–H and O–H groups in total. The van der Waals surface area contributed by atoms with Crippen molar-refractivity contribution in [3.8, 4) is 0 Å². The van der Waals surface area contributed by atoms with Gasteiger partial charge in [0.1, 0.15) is 30.0 Å². The Bertz CT molecular complexity index is 659. The van der Waals surface area contributed by atoms with E-state index in [1.165, 1.54) is 49.6 Å². The van der Waals surface area contributed by atoms with Crippen LogP contribution in [0, 0.1) is 0 Å². The van der Waals surface area contributed by atoms with Crippen molar-refractivity contribution >= 4 is 11.9 Å². The van der Waals surface area contributed by atoms with Gasteiger partial charge in [0.2, 0.25) is 0 Å². The molecule has 0 amide bonds. The number of carbonyl (C=O) groups excluding carboxylic acids is 2. The summed E-state index contributed by atoms with van der Waals surface area (Å²) >= 11 is 0. The summed E-state index contributed by atoms with van der Waals surface area (Å²) in [7, 11) is 8.47. The van der Waals surface area contributed by atoms with Crippen LogP contribution in [0.4, 0.5) is 0 Å². The molecule has 2 aliphatic rings. The molecule has 0 spiro atoms. The SMILES string of the molecule is COC(=O)[C@H]1O[C@@H](O[C@@]2(C)[C@@H](OC)[C@H](OC)O[C@@H](C)[C@@H]2OC)[C@H](OC(C)=O)[C@@H](OC)[C@@H]1OC. The third-order valence-electron chi connectivity index (χ3n) is 6.04. The lowest BCUT2D eigenvalue weighted by molar-refractivity contribution is -0.386. The normalized spacial score (nSPS) is 41.4. The molecule has 2 fully saturated rings. The molecule has 2 saturated heterocycles. The van der Waals surface area contributed by atoms with Crippen molar-refractivity contribution in [2.75, 3.05) is 42.7 Å². The smallest absolute Gasteiger partial charge is 0.337 e. The summed E-state index contributed by atoms with van der Waals surface area (Å²) in [4.78, 5) is 24.4. The van der Waals surface area contributed by atoms with Crippen LogP contribution < -0.4 is 0 Å². The van der Waals surface area contributed by atoms with Crippen LogP contribution in [-0.4, -0.2) is 116 Å². The van der Waals surface area contributed by atoms with Gasteiger partial charge in [0.05, 0.1) is 13.2 Å². The summed E-state index contributed by atoms with van der Waals surface area (Å²) in [6.07, 6.45) is -8.12. The minimum absolute atomic E-state index is 0.464. The molecule has 2 rings (SSSR count). The Hall–Kier alpha value is -1.38. The van der Waals surface area contributed by atoms with Crippen molar-refractivity contribution in [3.05, 3.63) is 0 Å². The lowest BCUT2D eigenvalue weighted by Crippen LogP contribution is -2.70. The van der Waals surface area contributed by atoms with E-state index in [1.54, 1.807) is 13.8 Å². The van der Waals surface area contributed by atoms with Crippen LogP contribution in [0.3, 0.4) is 0 Å². The Morgan fingerprint density at radius 3 is 1.82 bits per heavy atom. The number of rotatable bonds is 9. The van der Waals surface area contributed by atoms with Gasteiger partial charge in [0, 0.05) is 42.5 Å². The summed E-state index contributed by atoms with van der Waals surface area (Å²) in [5.74, 6) is -1.30. The summed E-state index contributed by atoms with van der Waals surface area (Å²) in [5.41, 5.74) is -1.23. The van der Waals surface area contributed by atoms with Crippen LogP contribution in [0.2, 0.25) is 0 Å². The maximum absolute atomic E-state index is 12.5. The van der Waals surface area contributed by atoms with E-state index in [9.17, 15) is 9.59 Å². The Balaban J connectivity index is 2.53. The second-order valence-corrected chi connectivity index (χ2v) is 7.98. The molecule has 0 radical (unpaired) electrons. The number of methoxy groups -OCH3 is 6. The molecule has 0 aromatic rings. The molecule has 0 saturated carbocycles. The van der Waals surface area contributed by atoms with E-state index in [4.69, 9.17) is 47.4 Å². The minimum atomic E-state index is -1.28. The molecule has 192 valence electrons. The van der Waals surface area contributed by atoms with Gasteiger partial charge in [0.25, 0.3) is 0 Å². The lowest BCUT2D eigenvalue weighted by atomic mass is 9.85. The summed E-state index contributed by atoms with van der Waals surface area (Å²) in [6.45, 7) is 4.79. The fourth-order valence-corrected chi connectivity index (χ4v) is 4.64. The van der Waals surface area contributed by atoms with E-state index in [-0.39, 0.29) is 0 Å². The van der Waals surface area contributed by atoms with Crippen molar-refractivity contribution in [3.63, 3.8) is 0 Å². The van der Waals surface area contributed by atoms with Crippen LogP contribution in [0.25, 0.3) is 0 Å². The van der Waals surface area contributed by atoms with Crippen LogP contribution in [0.15, 0.2) is 0 Å². The van der Waals surface area contributed by atoms with Gasteiger partial charge >= 0.3 is 11.9 Å². The third-order valence-corrected chi connectivity index (χ3v) is 6.04. The van der Waals surface area contributed by atoms with Crippen LogP contribution in [0.5, 0.6) is 0 Å². The number of esters is 2. The first-order valence-electron chi connectivity index (χ1n) is 10.5. The van der Waals surface area contributed by atoms with Gasteiger partial charge in [-0.15, -0.1) is 0 Å². The zero-order valence-electron chi connectivity index (χ0n) is 20.6. The Kier molecular flexibility index (Phi) is 10.0. The predicted octanol–water partition coefficient (Wildman–Crippen LogP) is 0.0425. The highest BCUT2D eigenvalue weighted by atomic mass is 16.8. The van der Waals surface area contributed by atoms with E-state index < -0.39 is 72.8 Å². The Labute approximate surface area is 193 Å². The topological polar surface area (TPSA) is 126 Å². The van der Waals surface area contributed by atoms with E-state index in [0.717, 1.165) is 0 Å². The highest BCUT2D eigenvalue weighted by Gasteiger charge is 2.60. The summed E-state index contributed by atoms with van der Waals surface area (Å²) < 4.78 is 56.5. The molecule has 0 unspecified atom stereocenters. The molecule has 12 nitrogen and oxygen atoms in total. The summed E-state index contributed by atoms with van der Waals surface area (Å²) in [5, 5.41) is 0. The third kappa shape index (κ3) is 5.49. The van der Waals surface area contributed by atoms with E-state index in [1.807, 2.05) is 0 Å². The van der Waals surface area contributed by atoms with Gasteiger partial charge in [-0.25, -0.2) is 4.79 Å². The van der Waals surface area contributed by atoms with Gasteiger partial charge < -0.3 is 47.4 Å². The van der Waals surface area contributed by atoms with Crippen molar-refractivity contribution < 1.29 is 57.0 Å². The predicted molar refractivity (Wildman–Crippen MR) is 110 cm³/mol. The first-order chi connectivity index (χ1) is 15.6. The quantitative estimate of drug-likeness (QED) is 0.414. The molecule has 2 aliphatic heterocycles. The minimum Gasteiger partial charge on any atom is -0.467 e. The molecule has 0 aromatic heterocycles. The number of carbonyl (C=O) groups is 2. The second-order valence-electron chi connectivity index (χ2n) is 7.98. The molecule has 0 aromatic carbocycles. The highest BCUT2D eigenvalue weighted by Crippen LogP contribution is 2.40. The molecule has 33 heavy (non-hydrogen) atoms. The van der Waals surface area contributed by atoms with E-state index in [0.29, 0.717) is 0 Å². The van der Waals surface area contributed by atoms with Crippen LogP contribution in [0.1, 0.15) is 20.8 Å². The first-order valence-corrected chi connectivity index (χ1v) is 10.5. The van der Waals surface area contributed by atoms with Crippen LogP contribution in [-0.2, 0) is 57.0 Å². The van der Waals surface area contributed by atoms with Crippen molar-refractivity contribution in [2.45, 2.75) is 81.7 Å². The highest BCUT2D eigenvalue weighted by molar-refractivity contribution is 5.75. The van der Waals surface area contributed by atoms with Crippen molar-refractivity contribution in [1.29, 1.82) is 0 Å². The molecule has 12 heteroatoms. The van der Waals surface area contributed by atoms with Gasteiger partial charge in [-0.3, -0.25) is 4.79 Å². The molecule has 0 bridgehead atoms. The number of hydrogen-bond acceptors (Lipinski definition) is 12. The van der Waals surface area contributed by atoms with Gasteiger partial charge in [-0.2, -0.15) is 0 Å². The maximum atomic E-state index is 12.5. The molecule has 10 atom stereocenters. The van der Waals surface area contributed by atoms with Crippen LogP contribution >= 0.6 is 0 Å². The first kappa shape index (κ1) is 27.9. The molecule has 2 heterocycles. The van der Waals surface area contributed by atoms with E-state index >= 15 is 0 Å². The Morgan fingerprint density at radius 2 is 1.36 bits per heavy atom. The Morgan fingerprint density at radius 1 is 0.758 bits per heavy atom. The van der Waals surface area contributed by atoms with Crippen molar-refractivity contribution in [2.24, 2.45) is 0 Å². The average molecular weight is 481 g/mol. The van der Waals surface area contributed by atoms with E-state index in [2.05, 4.69) is 0 Å². The fourth-order valence-electron chi connectivity index (χ4n) is 4.64. The maximum Gasteiger partial charge on any atom is 0.337 e. The largest absolute Gasteiger partial charge is 0.467 e.